The predicted molar refractivity (Wildman–Crippen MR) is 145 cm³/mol. The SMILES string of the molecule is CCNC(=NCC1(c2ccc(OCC)cc2)CCOCC1)NCCCn1nc(C)cc1C.I. The molecule has 1 saturated heterocycles. The standard InChI is InChI=1S/C25H39N5O2.HI/c1-5-26-24(27-14-7-15-30-21(4)18-20(3)29-30)28-19-25(12-16-31-17-13-25)22-8-10-23(11-9-22)32-6-2;/h8-11,18H,5-7,12-17,19H2,1-4H3,(H2,26,27,28);1H. The molecule has 0 saturated carbocycles. The molecule has 184 valence electrons. The van der Waals surface area contributed by atoms with E-state index >= 15 is 0 Å². The lowest BCUT2D eigenvalue weighted by Crippen LogP contribution is -2.41. The Bertz CT molecular complexity index is 860. The van der Waals surface area contributed by atoms with Crippen LogP contribution in [0.5, 0.6) is 5.75 Å². The van der Waals surface area contributed by atoms with E-state index in [2.05, 4.69) is 64.6 Å². The van der Waals surface area contributed by atoms with Gasteiger partial charge in [0.15, 0.2) is 5.96 Å². The van der Waals surface area contributed by atoms with Crippen LogP contribution in [0, 0.1) is 13.8 Å². The van der Waals surface area contributed by atoms with Crippen LogP contribution in [0.2, 0.25) is 0 Å². The molecule has 2 heterocycles. The summed E-state index contributed by atoms with van der Waals surface area (Å²) >= 11 is 0. The van der Waals surface area contributed by atoms with E-state index in [1.807, 2.05) is 13.8 Å². The minimum atomic E-state index is -0.00492. The van der Waals surface area contributed by atoms with Crippen LogP contribution < -0.4 is 15.4 Å². The summed E-state index contributed by atoms with van der Waals surface area (Å²) in [6.45, 7) is 13.8. The molecule has 1 aliphatic rings. The van der Waals surface area contributed by atoms with Crippen molar-refractivity contribution in [3.05, 3.63) is 47.3 Å². The van der Waals surface area contributed by atoms with Crippen molar-refractivity contribution >= 4 is 29.9 Å². The van der Waals surface area contributed by atoms with E-state index in [1.165, 1.54) is 11.3 Å². The van der Waals surface area contributed by atoms with E-state index < -0.39 is 0 Å². The molecule has 7 nitrogen and oxygen atoms in total. The first-order chi connectivity index (χ1) is 15.6. The molecule has 33 heavy (non-hydrogen) atoms. The molecule has 0 aliphatic carbocycles. The summed E-state index contributed by atoms with van der Waals surface area (Å²) in [6, 6.07) is 10.7. The fraction of sp³-hybridized carbons (Fsp3) is 0.600. The first-order valence-electron chi connectivity index (χ1n) is 11.9. The number of halogens is 1. The molecule has 1 aromatic carbocycles. The van der Waals surface area contributed by atoms with Gasteiger partial charge in [0.05, 0.1) is 18.8 Å². The molecule has 8 heteroatoms. The summed E-state index contributed by atoms with van der Waals surface area (Å²) in [5.74, 6) is 1.79. The monoisotopic (exact) mass is 569 g/mol. The van der Waals surface area contributed by atoms with Crippen molar-refractivity contribution in [3.8, 4) is 5.75 Å². The number of aryl methyl sites for hydroxylation is 3. The minimum absolute atomic E-state index is 0. The average Bonchev–Trinajstić information content (AvgIpc) is 3.13. The van der Waals surface area contributed by atoms with Crippen molar-refractivity contribution < 1.29 is 9.47 Å². The summed E-state index contributed by atoms with van der Waals surface area (Å²) in [5.41, 5.74) is 3.59. The highest BCUT2D eigenvalue weighted by Crippen LogP contribution is 2.36. The maximum atomic E-state index is 5.68. The van der Waals surface area contributed by atoms with E-state index in [-0.39, 0.29) is 29.4 Å². The second-order valence-corrected chi connectivity index (χ2v) is 8.48. The highest BCUT2D eigenvalue weighted by atomic mass is 127. The zero-order chi connectivity index (χ0) is 22.8. The number of hydrogen-bond donors (Lipinski definition) is 2. The third-order valence-corrected chi connectivity index (χ3v) is 6.05. The summed E-state index contributed by atoms with van der Waals surface area (Å²) in [4.78, 5) is 5.00. The zero-order valence-electron chi connectivity index (χ0n) is 20.5. The molecular weight excluding hydrogens is 529 g/mol. The first-order valence-corrected chi connectivity index (χ1v) is 11.9. The summed E-state index contributed by atoms with van der Waals surface area (Å²) < 4.78 is 13.4. The fourth-order valence-corrected chi connectivity index (χ4v) is 4.28. The Balaban J connectivity index is 0.00000385. The van der Waals surface area contributed by atoms with Crippen molar-refractivity contribution in [3.63, 3.8) is 0 Å². The van der Waals surface area contributed by atoms with Gasteiger partial charge in [0, 0.05) is 44.0 Å². The summed E-state index contributed by atoms with van der Waals surface area (Å²) in [5, 5.41) is 11.4. The number of hydrogen-bond acceptors (Lipinski definition) is 4. The van der Waals surface area contributed by atoms with E-state index in [0.717, 1.165) is 76.1 Å². The molecule has 0 spiro atoms. The second kappa shape index (κ2) is 13.8. The summed E-state index contributed by atoms with van der Waals surface area (Å²) in [7, 11) is 0. The molecule has 1 fully saturated rings. The Morgan fingerprint density at radius 1 is 1.15 bits per heavy atom. The van der Waals surface area contributed by atoms with Crippen molar-refractivity contribution in [2.75, 3.05) is 39.5 Å². The Kier molecular flexibility index (Phi) is 11.5. The highest BCUT2D eigenvalue weighted by molar-refractivity contribution is 14.0. The van der Waals surface area contributed by atoms with Crippen molar-refractivity contribution in [2.45, 2.75) is 58.9 Å². The molecule has 2 aromatic rings. The van der Waals surface area contributed by atoms with Crippen LogP contribution in [-0.4, -0.2) is 55.2 Å². The van der Waals surface area contributed by atoms with Crippen LogP contribution in [-0.2, 0) is 16.7 Å². The topological polar surface area (TPSA) is 72.7 Å². The van der Waals surface area contributed by atoms with Gasteiger partial charge in [-0.2, -0.15) is 5.10 Å². The van der Waals surface area contributed by atoms with Crippen molar-refractivity contribution in [1.29, 1.82) is 0 Å². The highest BCUT2D eigenvalue weighted by Gasteiger charge is 2.34. The van der Waals surface area contributed by atoms with Crippen molar-refractivity contribution in [1.82, 2.24) is 20.4 Å². The maximum Gasteiger partial charge on any atom is 0.191 e. The van der Waals surface area contributed by atoms with Crippen LogP contribution in [0.1, 0.15) is 50.1 Å². The van der Waals surface area contributed by atoms with Gasteiger partial charge in [0.25, 0.3) is 0 Å². The molecule has 2 N–H and O–H groups in total. The number of ether oxygens (including phenoxy) is 2. The first kappa shape index (κ1) is 27.4. The number of aromatic nitrogens is 2. The lowest BCUT2D eigenvalue weighted by atomic mass is 9.74. The lowest BCUT2D eigenvalue weighted by Gasteiger charge is -2.36. The maximum absolute atomic E-state index is 5.68. The van der Waals surface area contributed by atoms with E-state index in [9.17, 15) is 0 Å². The van der Waals surface area contributed by atoms with Gasteiger partial charge in [-0.25, -0.2) is 0 Å². The van der Waals surface area contributed by atoms with Crippen LogP contribution in [0.4, 0.5) is 0 Å². The van der Waals surface area contributed by atoms with Gasteiger partial charge >= 0.3 is 0 Å². The van der Waals surface area contributed by atoms with E-state index in [4.69, 9.17) is 14.5 Å². The zero-order valence-corrected chi connectivity index (χ0v) is 22.9. The molecule has 1 aromatic heterocycles. The Morgan fingerprint density at radius 3 is 2.48 bits per heavy atom. The normalized spacial score (nSPS) is 15.6. The lowest BCUT2D eigenvalue weighted by molar-refractivity contribution is 0.0531. The smallest absolute Gasteiger partial charge is 0.191 e. The largest absolute Gasteiger partial charge is 0.494 e. The van der Waals surface area contributed by atoms with Gasteiger partial charge < -0.3 is 20.1 Å². The van der Waals surface area contributed by atoms with Crippen LogP contribution >= 0.6 is 24.0 Å². The average molecular weight is 570 g/mol. The number of rotatable bonds is 10. The third kappa shape index (κ3) is 7.88. The number of aliphatic imine (C=N–C) groups is 1. The molecule has 0 atom stereocenters. The van der Waals surface area contributed by atoms with Gasteiger partial charge in [-0.3, -0.25) is 9.67 Å². The quantitative estimate of drug-likeness (QED) is 0.194. The fourth-order valence-electron chi connectivity index (χ4n) is 4.28. The molecule has 3 rings (SSSR count). The summed E-state index contributed by atoms with van der Waals surface area (Å²) in [6.07, 6.45) is 2.94. The molecule has 0 bridgehead atoms. The van der Waals surface area contributed by atoms with Gasteiger partial charge in [-0.1, -0.05) is 12.1 Å². The van der Waals surface area contributed by atoms with Gasteiger partial charge in [-0.05, 0) is 70.7 Å². The minimum Gasteiger partial charge on any atom is -0.494 e. The number of nitrogens with zero attached hydrogens (tertiary/aromatic N) is 3. The molecule has 0 unspecified atom stereocenters. The van der Waals surface area contributed by atoms with Gasteiger partial charge in [-0.15, -0.1) is 24.0 Å². The van der Waals surface area contributed by atoms with Crippen LogP contribution in [0.25, 0.3) is 0 Å². The Morgan fingerprint density at radius 2 is 1.88 bits per heavy atom. The predicted octanol–water partition coefficient (Wildman–Crippen LogP) is 4.21. The Labute approximate surface area is 215 Å². The Hall–Kier alpha value is -1.81. The van der Waals surface area contributed by atoms with E-state index in [0.29, 0.717) is 6.61 Å². The molecule has 0 radical (unpaired) electrons. The second-order valence-electron chi connectivity index (χ2n) is 8.48. The van der Waals surface area contributed by atoms with Gasteiger partial charge in [0.2, 0.25) is 0 Å². The molecular formula is C25H40IN5O2. The number of guanidine groups is 1. The molecule has 0 amide bonds. The third-order valence-electron chi connectivity index (χ3n) is 6.05. The van der Waals surface area contributed by atoms with Crippen LogP contribution in [0.3, 0.4) is 0 Å². The number of benzene rings is 1. The molecule has 1 aliphatic heterocycles. The van der Waals surface area contributed by atoms with Crippen molar-refractivity contribution in [2.24, 2.45) is 4.99 Å². The van der Waals surface area contributed by atoms with Gasteiger partial charge in [0.1, 0.15) is 5.75 Å². The number of nitrogens with one attached hydrogen (secondary N) is 2. The van der Waals surface area contributed by atoms with Crippen LogP contribution in [0.15, 0.2) is 35.3 Å². The van der Waals surface area contributed by atoms with E-state index in [1.54, 1.807) is 0 Å².